The highest BCUT2D eigenvalue weighted by Gasteiger charge is 2.17. The molecule has 0 saturated carbocycles. The van der Waals surface area contributed by atoms with Gasteiger partial charge in [-0.3, -0.25) is 4.79 Å². The Labute approximate surface area is 120 Å². The predicted octanol–water partition coefficient (Wildman–Crippen LogP) is 1.71. The summed E-state index contributed by atoms with van der Waals surface area (Å²) < 4.78 is 9.65. The van der Waals surface area contributed by atoms with E-state index < -0.39 is 11.5 Å². The molecule has 0 aliphatic heterocycles. The quantitative estimate of drug-likeness (QED) is 0.866. The number of hydrogen-bond donors (Lipinski definition) is 1. The van der Waals surface area contributed by atoms with Gasteiger partial charge in [0.25, 0.3) is 5.56 Å². The maximum Gasteiger partial charge on any atom is 0.339 e. The summed E-state index contributed by atoms with van der Waals surface area (Å²) in [6.07, 6.45) is 0. The van der Waals surface area contributed by atoms with Crippen molar-refractivity contribution < 1.29 is 14.3 Å². The zero-order valence-corrected chi connectivity index (χ0v) is 11.5. The van der Waals surface area contributed by atoms with Crippen LogP contribution in [0.4, 0.5) is 0 Å². The number of benzene rings is 1. The summed E-state index contributed by atoms with van der Waals surface area (Å²) in [6.45, 7) is 0. The van der Waals surface area contributed by atoms with Gasteiger partial charge < -0.3 is 14.5 Å². The van der Waals surface area contributed by atoms with Crippen molar-refractivity contribution in [2.75, 3.05) is 14.2 Å². The van der Waals surface area contributed by atoms with E-state index in [0.717, 1.165) is 0 Å². The van der Waals surface area contributed by atoms with Gasteiger partial charge >= 0.3 is 5.97 Å². The van der Waals surface area contributed by atoms with Gasteiger partial charge in [-0.2, -0.15) is 5.26 Å². The number of hydrogen-bond acceptors (Lipinski definition) is 5. The lowest BCUT2D eigenvalue weighted by molar-refractivity contribution is 0.0600. The highest BCUT2D eigenvalue weighted by Crippen LogP contribution is 2.21. The molecule has 0 unspecified atom stereocenters. The molecule has 1 heterocycles. The molecular weight excluding hydrogens is 272 g/mol. The molecule has 6 nitrogen and oxygen atoms in total. The molecule has 2 rings (SSSR count). The summed E-state index contributed by atoms with van der Waals surface area (Å²) in [5, 5.41) is 8.98. The average molecular weight is 284 g/mol. The molecule has 0 bridgehead atoms. The lowest BCUT2D eigenvalue weighted by Gasteiger charge is -2.07. The number of nitriles is 1. The van der Waals surface area contributed by atoms with Crippen LogP contribution in [0.15, 0.2) is 35.1 Å². The van der Waals surface area contributed by atoms with Crippen LogP contribution in [-0.4, -0.2) is 25.2 Å². The number of aromatic nitrogens is 1. The first-order valence-corrected chi connectivity index (χ1v) is 6.01. The zero-order valence-electron chi connectivity index (χ0n) is 11.5. The molecule has 21 heavy (non-hydrogen) atoms. The van der Waals surface area contributed by atoms with Gasteiger partial charge in [-0.1, -0.05) is 0 Å². The van der Waals surface area contributed by atoms with Gasteiger partial charge in [-0.25, -0.2) is 4.79 Å². The van der Waals surface area contributed by atoms with Crippen LogP contribution < -0.4 is 10.3 Å². The van der Waals surface area contributed by atoms with Gasteiger partial charge in [0.15, 0.2) is 0 Å². The number of methoxy groups -OCH3 is 2. The molecule has 0 fully saturated rings. The highest BCUT2D eigenvalue weighted by molar-refractivity contribution is 5.93. The molecule has 1 aromatic carbocycles. The van der Waals surface area contributed by atoms with Crippen LogP contribution in [0.3, 0.4) is 0 Å². The number of nitrogens with one attached hydrogen (secondary N) is 1. The number of aromatic amines is 1. The minimum absolute atomic E-state index is 0.0606. The van der Waals surface area contributed by atoms with Gasteiger partial charge in [-0.05, 0) is 35.9 Å². The molecule has 2 aromatic rings. The Morgan fingerprint density at radius 1 is 1.24 bits per heavy atom. The Balaban J connectivity index is 2.60. The van der Waals surface area contributed by atoms with E-state index in [0.29, 0.717) is 17.0 Å². The van der Waals surface area contributed by atoms with Crippen molar-refractivity contribution in [2.24, 2.45) is 0 Å². The van der Waals surface area contributed by atoms with Crippen molar-refractivity contribution in [2.45, 2.75) is 0 Å². The van der Waals surface area contributed by atoms with Crippen molar-refractivity contribution >= 4 is 5.97 Å². The fourth-order valence-electron chi connectivity index (χ4n) is 1.87. The number of rotatable bonds is 3. The van der Waals surface area contributed by atoms with Crippen LogP contribution in [0.5, 0.6) is 5.75 Å². The third-order valence-electron chi connectivity index (χ3n) is 2.95. The molecule has 0 radical (unpaired) electrons. The third-order valence-corrected chi connectivity index (χ3v) is 2.95. The van der Waals surface area contributed by atoms with E-state index in [1.165, 1.54) is 13.2 Å². The maximum absolute atomic E-state index is 11.9. The first kappa shape index (κ1) is 14.3. The van der Waals surface area contributed by atoms with E-state index in [1.807, 2.05) is 0 Å². The monoisotopic (exact) mass is 284 g/mol. The highest BCUT2D eigenvalue weighted by atomic mass is 16.5. The Kier molecular flexibility index (Phi) is 4.05. The summed E-state index contributed by atoms with van der Waals surface area (Å²) in [6, 6.07) is 10.1. The molecule has 0 spiro atoms. The number of pyridine rings is 1. The molecule has 0 amide bonds. The molecule has 1 aromatic heterocycles. The van der Waals surface area contributed by atoms with E-state index in [2.05, 4.69) is 9.72 Å². The Hall–Kier alpha value is -3.07. The second-order valence-corrected chi connectivity index (χ2v) is 4.13. The SMILES string of the molecule is COC(=O)c1cc(-c2ccc(OC)cc2)[nH]c(=O)c1C#N. The number of carbonyl (C=O) groups is 1. The summed E-state index contributed by atoms with van der Waals surface area (Å²) >= 11 is 0. The average Bonchev–Trinajstić information content (AvgIpc) is 2.53. The lowest BCUT2D eigenvalue weighted by atomic mass is 10.1. The second-order valence-electron chi connectivity index (χ2n) is 4.13. The fourth-order valence-corrected chi connectivity index (χ4v) is 1.87. The van der Waals surface area contributed by atoms with Crippen molar-refractivity contribution in [3.63, 3.8) is 0 Å². The van der Waals surface area contributed by atoms with Crippen LogP contribution in [-0.2, 0) is 4.74 Å². The van der Waals surface area contributed by atoms with Crippen LogP contribution in [0, 0.1) is 11.3 Å². The third kappa shape index (κ3) is 2.77. The Bertz CT molecular complexity index is 770. The van der Waals surface area contributed by atoms with Crippen molar-refractivity contribution in [3.05, 3.63) is 51.8 Å². The second kappa shape index (κ2) is 5.92. The normalized spacial score (nSPS) is 9.76. The maximum atomic E-state index is 11.9. The van der Waals surface area contributed by atoms with Gasteiger partial charge in [0.2, 0.25) is 0 Å². The summed E-state index contributed by atoms with van der Waals surface area (Å²) in [7, 11) is 2.74. The number of esters is 1. The van der Waals surface area contributed by atoms with Crippen LogP contribution in [0.1, 0.15) is 15.9 Å². The van der Waals surface area contributed by atoms with Crippen molar-refractivity contribution in [1.82, 2.24) is 4.98 Å². The van der Waals surface area contributed by atoms with Crippen LogP contribution >= 0.6 is 0 Å². The Morgan fingerprint density at radius 2 is 1.90 bits per heavy atom. The minimum Gasteiger partial charge on any atom is -0.497 e. The van der Waals surface area contributed by atoms with E-state index in [1.54, 1.807) is 37.4 Å². The van der Waals surface area contributed by atoms with E-state index >= 15 is 0 Å². The van der Waals surface area contributed by atoms with Gasteiger partial charge in [0.05, 0.1) is 19.8 Å². The molecule has 0 aliphatic carbocycles. The molecule has 106 valence electrons. The largest absolute Gasteiger partial charge is 0.497 e. The summed E-state index contributed by atoms with van der Waals surface area (Å²) in [5.74, 6) is -0.0599. The van der Waals surface area contributed by atoms with Crippen LogP contribution in [0.2, 0.25) is 0 Å². The number of carbonyl (C=O) groups excluding carboxylic acids is 1. The molecule has 6 heteroatoms. The number of H-pyrrole nitrogens is 1. The van der Waals surface area contributed by atoms with Crippen molar-refractivity contribution in [1.29, 1.82) is 5.26 Å². The van der Waals surface area contributed by atoms with Gasteiger partial charge in [0.1, 0.15) is 17.4 Å². The smallest absolute Gasteiger partial charge is 0.339 e. The molecule has 0 saturated heterocycles. The molecule has 1 N–H and O–H groups in total. The zero-order chi connectivity index (χ0) is 15.4. The van der Waals surface area contributed by atoms with E-state index in [4.69, 9.17) is 10.00 Å². The van der Waals surface area contributed by atoms with Gasteiger partial charge in [-0.15, -0.1) is 0 Å². The van der Waals surface area contributed by atoms with Crippen LogP contribution in [0.25, 0.3) is 11.3 Å². The lowest BCUT2D eigenvalue weighted by Crippen LogP contribution is -2.17. The predicted molar refractivity (Wildman–Crippen MR) is 75.1 cm³/mol. The number of nitrogens with zero attached hydrogens (tertiary/aromatic N) is 1. The first-order valence-electron chi connectivity index (χ1n) is 6.01. The first-order chi connectivity index (χ1) is 10.1. The topological polar surface area (TPSA) is 92.2 Å². The minimum atomic E-state index is -0.729. The van der Waals surface area contributed by atoms with E-state index in [9.17, 15) is 9.59 Å². The summed E-state index contributed by atoms with van der Waals surface area (Å²) in [5.41, 5.74) is 0.143. The Morgan fingerprint density at radius 3 is 2.43 bits per heavy atom. The summed E-state index contributed by atoms with van der Waals surface area (Å²) in [4.78, 5) is 26.2. The molecular formula is C15H12N2O4. The number of ether oxygens (including phenoxy) is 2. The van der Waals surface area contributed by atoms with E-state index in [-0.39, 0.29) is 11.1 Å². The molecule has 0 aliphatic rings. The molecule has 0 atom stereocenters. The standard InChI is InChI=1S/C15H12N2O4/c1-20-10-5-3-9(4-6-10)13-7-11(15(19)21-2)12(8-16)14(18)17-13/h3-7H,1-2H3,(H,17,18). The van der Waals surface area contributed by atoms with Crippen molar-refractivity contribution in [3.8, 4) is 23.1 Å². The van der Waals surface area contributed by atoms with Gasteiger partial charge in [0, 0.05) is 5.69 Å². The fraction of sp³-hybridized carbons (Fsp3) is 0.133.